The number of benzene rings is 2. The number of aryl methyl sites for hydroxylation is 2. The summed E-state index contributed by atoms with van der Waals surface area (Å²) in [6.07, 6.45) is 0.600. The molecule has 2 aromatic carbocycles. The maximum absolute atomic E-state index is 12.3. The van der Waals surface area contributed by atoms with E-state index in [1.807, 2.05) is 36.4 Å². The van der Waals surface area contributed by atoms with Gasteiger partial charge >= 0.3 is 0 Å². The molecule has 1 atom stereocenters. The monoisotopic (exact) mass is 291 g/mol. The Hall–Kier alpha value is -2.55. The molecule has 4 rings (SSSR count). The van der Waals surface area contributed by atoms with Gasteiger partial charge in [0.05, 0.1) is 5.92 Å². The SMILES string of the molecule is Cc1ccc2oc(C[C@H]3C(=O)Nc4ccccc43)c(C)c2c1. The fourth-order valence-corrected chi connectivity index (χ4v) is 3.24. The number of amides is 1. The Labute approximate surface area is 128 Å². The van der Waals surface area contributed by atoms with Crippen molar-refractivity contribution in [3.05, 3.63) is 64.9 Å². The van der Waals surface area contributed by atoms with Gasteiger partial charge in [-0.1, -0.05) is 29.8 Å². The second-order valence-electron chi connectivity index (χ2n) is 5.98. The Morgan fingerprint density at radius 2 is 1.95 bits per heavy atom. The molecule has 0 saturated heterocycles. The summed E-state index contributed by atoms with van der Waals surface area (Å²) in [4.78, 5) is 12.3. The fraction of sp³-hybridized carbons (Fsp3) is 0.211. The summed E-state index contributed by atoms with van der Waals surface area (Å²) in [5.74, 6) is 0.784. The van der Waals surface area contributed by atoms with Crippen LogP contribution in [0.4, 0.5) is 5.69 Å². The first-order valence-electron chi connectivity index (χ1n) is 7.52. The largest absolute Gasteiger partial charge is 0.461 e. The quantitative estimate of drug-likeness (QED) is 0.763. The van der Waals surface area contributed by atoms with Gasteiger partial charge < -0.3 is 9.73 Å². The van der Waals surface area contributed by atoms with E-state index in [0.717, 1.165) is 33.5 Å². The van der Waals surface area contributed by atoms with Crippen LogP contribution >= 0.6 is 0 Å². The van der Waals surface area contributed by atoms with Crippen molar-refractivity contribution in [2.75, 3.05) is 5.32 Å². The van der Waals surface area contributed by atoms with Crippen molar-refractivity contribution in [1.82, 2.24) is 0 Å². The summed E-state index contributed by atoms with van der Waals surface area (Å²) in [6, 6.07) is 14.1. The zero-order chi connectivity index (χ0) is 15.3. The lowest BCUT2D eigenvalue weighted by atomic mass is 9.94. The summed E-state index contributed by atoms with van der Waals surface area (Å²) in [6.45, 7) is 4.14. The highest BCUT2D eigenvalue weighted by Crippen LogP contribution is 2.36. The van der Waals surface area contributed by atoms with E-state index in [1.165, 1.54) is 5.56 Å². The van der Waals surface area contributed by atoms with Crippen molar-refractivity contribution in [2.24, 2.45) is 0 Å². The predicted molar refractivity (Wildman–Crippen MR) is 87.2 cm³/mol. The Bertz CT molecular complexity index is 892. The maximum Gasteiger partial charge on any atom is 0.232 e. The average Bonchev–Trinajstić information content (AvgIpc) is 2.99. The van der Waals surface area contributed by atoms with Gasteiger partial charge in [0.15, 0.2) is 0 Å². The normalized spacial score (nSPS) is 16.8. The molecule has 1 N–H and O–H groups in total. The predicted octanol–water partition coefficient (Wildman–Crippen LogP) is 4.33. The van der Waals surface area contributed by atoms with Gasteiger partial charge in [-0.2, -0.15) is 0 Å². The molecule has 0 saturated carbocycles. The highest BCUT2D eigenvalue weighted by Gasteiger charge is 2.31. The van der Waals surface area contributed by atoms with Gasteiger partial charge in [0, 0.05) is 17.5 Å². The molecule has 110 valence electrons. The molecule has 0 aliphatic carbocycles. The number of fused-ring (bicyclic) bond motifs is 2. The number of para-hydroxylation sites is 1. The first kappa shape index (κ1) is 13.1. The van der Waals surface area contributed by atoms with Gasteiger partial charge in [0.25, 0.3) is 0 Å². The summed E-state index contributed by atoms with van der Waals surface area (Å²) in [5.41, 5.74) is 5.22. The molecule has 1 aliphatic rings. The third-order valence-corrected chi connectivity index (χ3v) is 4.49. The fourth-order valence-electron chi connectivity index (χ4n) is 3.24. The van der Waals surface area contributed by atoms with Crippen LogP contribution in [-0.2, 0) is 11.2 Å². The number of furan rings is 1. The van der Waals surface area contributed by atoms with Crippen LogP contribution in [0.3, 0.4) is 0 Å². The van der Waals surface area contributed by atoms with Crippen molar-refractivity contribution in [3.63, 3.8) is 0 Å². The number of rotatable bonds is 2. The van der Waals surface area contributed by atoms with Crippen LogP contribution < -0.4 is 5.32 Å². The second-order valence-corrected chi connectivity index (χ2v) is 5.98. The molecule has 2 heterocycles. The van der Waals surface area contributed by atoms with Crippen molar-refractivity contribution in [1.29, 1.82) is 0 Å². The van der Waals surface area contributed by atoms with Gasteiger partial charge in [-0.25, -0.2) is 0 Å². The van der Waals surface area contributed by atoms with Crippen molar-refractivity contribution < 1.29 is 9.21 Å². The van der Waals surface area contributed by atoms with Crippen LogP contribution in [0.2, 0.25) is 0 Å². The molecule has 1 aliphatic heterocycles. The lowest BCUT2D eigenvalue weighted by Crippen LogP contribution is -2.14. The van der Waals surface area contributed by atoms with Crippen LogP contribution in [0, 0.1) is 13.8 Å². The molecule has 3 aromatic rings. The van der Waals surface area contributed by atoms with Crippen LogP contribution in [0.15, 0.2) is 46.9 Å². The minimum Gasteiger partial charge on any atom is -0.461 e. The summed E-state index contributed by atoms with van der Waals surface area (Å²) >= 11 is 0. The molecule has 0 radical (unpaired) electrons. The van der Waals surface area contributed by atoms with Crippen molar-refractivity contribution in [2.45, 2.75) is 26.2 Å². The molecule has 3 nitrogen and oxygen atoms in total. The maximum atomic E-state index is 12.3. The lowest BCUT2D eigenvalue weighted by molar-refractivity contribution is -0.117. The second kappa shape index (κ2) is 4.73. The van der Waals surface area contributed by atoms with E-state index in [2.05, 4.69) is 25.2 Å². The lowest BCUT2D eigenvalue weighted by Gasteiger charge is -2.07. The summed E-state index contributed by atoms with van der Waals surface area (Å²) in [7, 11) is 0. The van der Waals surface area contributed by atoms with Crippen LogP contribution in [0.5, 0.6) is 0 Å². The number of hydrogen-bond donors (Lipinski definition) is 1. The molecule has 1 aromatic heterocycles. The number of anilines is 1. The molecule has 0 bridgehead atoms. The minimum absolute atomic E-state index is 0.0530. The third-order valence-electron chi connectivity index (χ3n) is 4.49. The topological polar surface area (TPSA) is 42.2 Å². The Kier molecular flexibility index (Phi) is 2.83. The molecule has 0 unspecified atom stereocenters. The van der Waals surface area contributed by atoms with Crippen molar-refractivity contribution >= 4 is 22.6 Å². The number of nitrogens with one attached hydrogen (secondary N) is 1. The molecule has 1 amide bonds. The highest BCUT2D eigenvalue weighted by atomic mass is 16.3. The molecule has 0 spiro atoms. The molecular weight excluding hydrogens is 274 g/mol. The van der Waals surface area contributed by atoms with Crippen LogP contribution in [0.1, 0.15) is 28.4 Å². The van der Waals surface area contributed by atoms with E-state index in [1.54, 1.807) is 0 Å². The van der Waals surface area contributed by atoms with E-state index >= 15 is 0 Å². The standard InChI is InChI=1S/C19H17NO2/c1-11-7-8-17-14(9-11)12(2)18(22-17)10-15-13-5-3-4-6-16(13)20-19(15)21/h3-9,15H,10H2,1-2H3,(H,20,21)/t15-/m1/s1. The van der Waals surface area contributed by atoms with Crippen LogP contribution in [-0.4, -0.2) is 5.91 Å². The van der Waals surface area contributed by atoms with Gasteiger partial charge in [0.2, 0.25) is 5.91 Å². The Balaban J connectivity index is 1.75. The summed E-state index contributed by atoms with van der Waals surface area (Å²) in [5, 5.41) is 4.09. The molecule has 22 heavy (non-hydrogen) atoms. The van der Waals surface area contributed by atoms with Gasteiger partial charge in [0.1, 0.15) is 11.3 Å². The van der Waals surface area contributed by atoms with E-state index in [-0.39, 0.29) is 11.8 Å². The van der Waals surface area contributed by atoms with Gasteiger partial charge in [-0.15, -0.1) is 0 Å². The van der Waals surface area contributed by atoms with E-state index in [9.17, 15) is 4.79 Å². The number of hydrogen-bond acceptors (Lipinski definition) is 2. The minimum atomic E-state index is -0.170. The number of carbonyl (C=O) groups is 1. The zero-order valence-electron chi connectivity index (χ0n) is 12.6. The van der Waals surface area contributed by atoms with Crippen LogP contribution in [0.25, 0.3) is 11.0 Å². The van der Waals surface area contributed by atoms with Gasteiger partial charge in [-0.3, -0.25) is 4.79 Å². The molecule has 0 fully saturated rings. The highest BCUT2D eigenvalue weighted by molar-refractivity contribution is 6.03. The summed E-state index contributed by atoms with van der Waals surface area (Å²) < 4.78 is 6.00. The zero-order valence-corrected chi connectivity index (χ0v) is 12.6. The Morgan fingerprint density at radius 1 is 1.14 bits per heavy atom. The van der Waals surface area contributed by atoms with Crippen molar-refractivity contribution in [3.8, 4) is 0 Å². The first-order valence-corrected chi connectivity index (χ1v) is 7.52. The first-order chi connectivity index (χ1) is 10.6. The third kappa shape index (κ3) is 1.93. The molecular formula is C19H17NO2. The molecule has 3 heteroatoms. The smallest absolute Gasteiger partial charge is 0.232 e. The average molecular weight is 291 g/mol. The van der Waals surface area contributed by atoms with E-state index in [4.69, 9.17) is 4.42 Å². The van der Waals surface area contributed by atoms with E-state index < -0.39 is 0 Å². The van der Waals surface area contributed by atoms with Gasteiger partial charge in [-0.05, 0) is 43.2 Å². The Morgan fingerprint density at radius 3 is 2.82 bits per heavy atom. The van der Waals surface area contributed by atoms with E-state index in [0.29, 0.717) is 6.42 Å². The number of carbonyl (C=O) groups excluding carboxylic acids is 1.